The first-order chi connectivity index (χ1) is 9.31. The van der Waals surface area contributed by atoms with E-state index < -0.39 is 0 Å². The van der Waals surface area contributed by atoms with Crippen LogP contribution in [0.5, 0.6) is 5.75 Å². The molecule has 0 unspecified atom stereocenters. The molecular formula is C15H18N2OS. The Bertz CT molecular complexity index is 531. The van der Waals surface area contributed by atoms with Gasteiger partial charge in [-0.1, -0.05) is 12.1 Å². The number of anilines is 1. The summed E-state index contributed by atoms with van der Waals surface area (Å²) in [6.45, 7) is 2.96. The lowest BCUT2D eigenvalue weighted by Gasteiger charge is -2.06. The third-order valence-corrected chi connectivity index (χ3v) is 3.62. The van der Waals surface area contributed by atoms with Gasteiger partial charge in [-0.15, -0.1) is 11.8 Å². The Hall–Kier alpha value is -1.68. The highest BCUT2D eigenvalue weighted by atomic mass is 32.2. The standard InChI is InChI=1S/C15H18N2OS/c1-3-16-15-9-4-6-12(17-15)11-19-14-8-5-7-13(10-14)18-2/h4-10H,3,11H2,1-2H3,(H,16,17). The highest BCUT2D eigenvalue weighted by molar-refractivity contribution is 7.98. The quantitative estimate of drug-likeness (QED) is 0.812. The lowest BCUT2D eigenvalue weighted by molar-refractivity contribution is 0.413. The van der Waals surface area contributed by atoms with E-state index in [0.29, 0.717) is 0 Å². The molecule has 2 aromatic rings. The second kappa shape index (κ2) is 7.04. The van der Waals surface area contributed by atoms with Gasteiger partial charge >= 0.3 is 0 Å². The van der Waals surface area contributed by atoms with E-state index in [1.54, 1.807) is 18.9 Å². The summed E-state index contributed by atoms with van der Waals surface area (Å²) in [4.78, 5) is 5.75. The molecule has 100 valence electrons. The highest BCUT2D eigenvalue weighted by Gasteiger charge is 2.00. The van der Waals surface area contributed by atoms with Crippen molar-refractivity contribution >= 4 is 17.6 Å². The number of methoxy groups -OCH3 is 1. The number of thioether (sulfide) groups is 1. The fourth-order valence-electron chi connectivity index (χ4n) is 1.69. The van der Waals surface area contributed by atoms with E-state index in [9.17, 15) is 0 Å². The van der Waals surface area contributed by atoms with E-state index in [1.807, 2.05) is 36.4 Å². The Morgan fingerprint density at radius 1 is 1.21 bits per heavy atom. The van der Waals surface area contributed by atoms with Crippen molar-refractivity contribution < 1.29 is 4.74 Å². The third kappa shape index (κ3) is 4.17. The maximum absolute atomic E-state index is 5.22. The fourth-order valence-corrected chi connectivity index (χ4v) is 2.54. The summed E-state index contributed by atoms with van der Waals surface area (Å²) < 4.78 is 5.22. The average molecular weight is 274 g/mol. The number of aromatic nitrogens is 1. The molecule has 19 heavy (non-hydrogen) atoms. The molecule has 3 nitrogen and oxygen atoms in total. The minimum atomic E-state index is 0.854. The molecule has 1 aromatic heterocycles. The lowest BCUT2D eigenvalue weighted by atomic mass is 10.3. The number of nitrogens with one attached hydrogen (secondary N) is 1. The van der Waals surface area contributed by atoms with Gasteiger partial charge in [0.2, 0.25) is 0 Å². The number of hydrogen-bond acceptors (Lipinski definition) is 4. The van der Waals surface area contributed by atoms with Crippen LogP contribution in [0.1, 0.15) is 12.6 Å². The highest BCUT2D eigenvalue weighted by Crippen LogP contribution is 2.25. The van der Waals surface area contributed by atoms with Crippen molar-refractivity contribution in [2.75, 3.05) is 19.0 Å². The average Bonchev–Trinajstić information content (AvgIpc) is 2.46. The summed E-state index contributed by atoms with van der Waals surface area (Å²) in [6, 6.07) is 14.2. The maximum Gasteiger partial charge on any atom is 0.126 e. The molecule has 0 fully saturated rings. The maximum atomic E-state index is 5.22. The van der Waals surface area contributed by atoms with Crippen LogP contribution in [-0.4, -0.2) is 18.6 Å². The topological polar surface area (TPSA) is 34.1 Å². The van der Waals surface area contributed by atoms with Gasteiger partial charge in [0.25, 0.3) is 0 Å². The molecule has 0 radical (unpaired) electrons. The molecule has 0 aliphatic carbocycles. The van der Waals surface area contributed by atoms with Crippen molar-refractivity contribution in [1.82, 2.24) is 4.98 Å². The van der Waals surface area contributed by atoms with Gasteiger partial charge in [0.05, 0.1) is 12.8 Å². The van der Waals surface area contributed by atoms with Crippen LogP contribution in [0.15, 0.2) is 47.4 Å². The number of benzene rings is 1. The summed E-state index contributed by atoms with van der Waals surface area (Å²) in [6.07, 6.45) is 0. The molecule has 4 heteroatoms. The largest absolute Gasteiger partial charge is 0.497 e. The smallest absolute Gasteiger partial charge is 0.126 e. The van der Waals surface area contributed by atoms with Crippen molar-refractivity contribution in [2.24, 2.45) is 0 Å². The molecule has 0 saturated heterocycles. The van der Waals surface area contributed by atoms with Gasteiger partial charge in [0.15, 0.2) is 0 Å². The Labute approximate surface area is 118 Å². The van der Waals surface area contributed by atoms with Gasteiger partial charge in [0.1, 0.15) is 11.6 Å². The number of ether oxygens (including phenoxy) is 1. The molecule has 1 heterocycles. The molecular weight excluding hydrogens is 256 g/mol. The summed E-state index contributed by atoms with van der Waals surface area (Å²) >= 11 is 1.76. The second-order valence-corrected chi connectivity index (χ2v) is 5.06. The van der Waals surface area contributed by atoms with E-state index in [0.717, 1.165) is 29.6 Å². The zero-order chi connectivity index (χ0) is 13.5. The SMILES string of the molecule is CCNc1cccc(CSc2cccc(OC)c2)n1. The molecule has 1 aromatic carbocycles. The molecule has 0 aliphatic heterocycles. The van der Waals surface area contributed by atoms with Crippen molar-refractivity contribution in [3.63, 3.8) is 0 Å². The van der Waals surface area contributed by atoms with Crippen molar-refractivity contribution in [2.45, 2.75) is 17.6 Å². The predicted molar refractivity (Wildman–Crippen MR) is 81.0 cm³/mol. The summed E-state index contributed by atoms with van der Waals surface area (Å²) in [5.74, 6) is 2.68. The van der Waals surface area contributed by atoms with Gasteiger partial charge in [-0.25, -0.2) is 4.98 Å². The monoisotopic (exact) mass is 274 g/mol. The lowest BCUT2D eigenvalue weighted by Crippen LogP contribution is -2.00. The van der Waals surface area contributed by atoms with E-state index in [2.05, 4.69) is 23.3 Å². The van der Waals surface area contributed by atoms with Gasteiger partial charge in [0, 0.05) is 17.2 Å². The summed E-state index contributed by atoms with van der Waals surface area (Å²) in [5, 5.41) is 3.22. The molecule has 0 bridgehead atoms. The molecule has 2 rings (SSSR count). The third-order valence-electron chi connectivity index (χ3n) is 2.59. The van der Waals surface area contributed by atoms with Crippen LogP contribution in [0.25, 0.3) is 0 Å². The molecule has 0 spiro atoms. The Morgan fingerprint density at radius 2 is 2.05 bits per heavy atom. The Morgan fingerprint density at radius 3 is 2.84 bits per heavy atom. The van der Waals surface area contributed by atoms with E-state index in [4.69, 9.17) is 4.74 Å². The van der Waals surface area contributed by atoms with Gasteiger partial charge in [-0.05, 0) is 37.3 Å². The first kappa shape index (κ1) is 13.7. The first-order valence-corrected chi connectivity index (χ1v) is 7.27. The predicted octanol–water partition coefficient (Wildman–Crippen LogP) is 3.81. The summed E-state index contributed by atoms with van der Waals surface area (Å²) in [5.41, 5.74) is 1.08. The minimum Gasteiger partial charge on any atom is -0.497 e. The fraction of sp³-hybridized carbons (Fsp3) is 0.267. The molecule has 1 N–H and O–H groups in total. The number of hydrogen-bond donors (Lipinski definition) is 1. The normalized spacial score (nSPS) is 10.2. The first-order valence-electron chi connectivity index (χ1n) is 6.28. The molecule has 0 amide bonds. The summed E-state index contributed by atoms with van der Waals surface area (Å²) in [7, 11) is 1.69. The molecule has 0 atom stereocenters. The Balaban J connectivity index is 1.99. The van der Waals surface area contributed by atoms with E-state index >= 15 is 0 Å². The zero-order valence-corrected chi connectivity index (χ0v) is 12.0. The second-order valence-electron chi connectivity index (χ2n) is 4.01. The van der Waals surface area contributed by atoms with Crippen LogP contribution in [0.4, 0.5) is 5.82 Å². The van der Waals surface area contributed by atoms with Gasteiger partial charge in [-0.3, -0.25) is 0 Å². The van der Waals surface area contributed by atoms with Crippen LogP contribution < -0.4 is 10.1 Å². The van der Waals surface area contributed by atoms with E-state index in [1.165, 1.54) is 4.90 Å². The van der Waals surface area contributed by atoms with Gasteiger partial charge in [-0.2, -0.15) is 0 Å². The molecule has 0 aliphatic rings. The Kier molecular flexibility index (Phi) is 5.10. The zero-order valence-electron chi connectivity index (χ0n) is 11.2. The number of rotatable bonds is 6. The molecule has 0 saturated carbocycles. The van der Waals surface area contributed by atoms with Crippen LogP contribution in [0, 0.1) is 0 Å². The van der Waals surface area contributed by atoms with Crippen LogP contribution in [-0.2, 0) is 5.75 Å². The van der Waals surface area contributed by atoms with Gasteiger partial charge < -0.3 is 10.1 Å². The number of nitrogens with zero attached hydrogens (tertiary/aromatic N) is 1. The number of pyridine rings is 1. The van der Waals surface area contributed by atoms with Crippen molar-refractivity contribution in [1.29, 1.82) is 0 Å². The minimum absolute atomic E-state index is 0.854. The van der Waals surface area contributed by atoms with Crippen LogP contribution in [0.2, 0.25) is 0 Å². The van der Waals surface area contributed by atoms with Crippen molar-refractivity contribution in [3.05, 3.63) is 48.2 Å². The van der Waals surface area contributed by atoms with Crippen LogP contribution in [0.3, 0.4) is 0 Å². The van der Waals surface area contributed by atoms with Crippen LogP contribution >= 0.6 is 11.8 Å². The van der Waals surface area contributed by atoms with Crippen molar-refractivity contribution in [3.8, 4) is 5.75 Å². The van der Waals surface area contributed by atoms with E-state index in [-0.39, 0.29) is 0 Å².